The van der Waals surface area contributed by atoms with Gasteiger partial charge >= 0.3 is 0 Å². The summed E-state index contributed by atoms with van der Waals surface area (Å²) >= 11 is 5.89. The topological polar surface area (TPSA) is 52.6 Å². The van der Waals surface area contributed by atoms with E-state index in [-0.39, 0.29) is 11.7 Å². The van der Waals surface area contributed by atoms with Crippen LogP contribution in [0, 0.1) is 5.92 Å². The van der Waals surface area contributed by atoms with Crippen molar-refractivity contribution in [2.45, 2.75) is 19.3 Å². The molecular formula is C15H21ClN2O2. The fourth-order valence-corrected chi connectivity index (χ4v) is 2.80. The second-order valence-electron chi connectivity index (χ2n) is 5.29. The lowest BCUT2D eigenvalue weighted by molar-refractivity contribution is 0.0684. The van der Waals surface area contributed by atoms with Crippen LogP contribution in [0.2, 0.25) is 5.02 Å². The average Bonchev–Trinajstić information content (AvgIpc) is 2.47. The van der Waals surface area contributed by atoms with E-state index in [0.717, 1.165) is 38.9 Å². The normalized spacial score (nSPS) is 16.4. The number of rotatable bonds is 4. The van der Waals surface area contributed by atoms with Crippen molar-refractivity contribution in [2.24, 2.45) is 5.92 Å². The Morgan fingerprint density at radius 1 is 1.45 bits per heavy atom. The van der Waals surface area contributed by atoms with Crippen LogP contribution < -0.4 is 5.32 Å². The van der Waals surface area contributed by atoms with Crippen molar-refractivity contribution in [3.8, 4) is 5.75 Å². The van der Waals surface area contributed by atoms with Gasteiger partial charge in [-0.15, -0.1) is 0 Å². The molecular weight excluding hydrogens is 276 g/mol. The Balaban J connectivity index is 1.96. The summed E-state index contributed by atoms with van der Waals surface area (Å²) in [6.45, 7) is 2.52. The summed E-state index contributed by atoms with van der Waals surface area (Å²) in [7, 11) is 1.96. The minimum Gasteiger partial charge on any atom is -0.507 e. The van der Waals surface area contributed by atoms with Gasteiger partial charge in [-0.1, -0.05) is 11.6 Å². The van der Waals surface area contributed by atoms with Gasteiger partial charge in [-0.3, -0.25) is 4.79 Å². The van der Waals surface area contributed by atoms with Gasteiger partial charge < -0.3 is 15.3 Å². The first-order valence-electron chi connectivity index (χ1n) is 7.04. The number of nitrogens with one attached hydrogen (secondary N) is 1. The Hall–Kier alpha value is -1.26. The summed E-state index contributed by atoms with van der Waals surface area (Å²) < 4.78 is 0. The van der Waals surface area contributed by atoms with Crippen molar-refractivity contribution in [2.75, 3.05) is 26.7 Å². The molecule has 20 heavy (non-hydrogen) atoms. The monoisotopic (exact) mass is 296 g/mol. The van der Waals surface area contributed by atoms with Gasteiger partial charge in [-0.2, -0.15) is 0 Å². The largest absolute Gasteiger partial charge is 0.507 e. The molecule has 2 rings (SSSR count). The van der Waals surface area contributed by atoms with Crippen molar-refractivity contribution in [3.05, 3.63) is 28.8 Å². The number of phenolic OH excluding ortho intramolecular Hbond substituents is 1. The Kier molecular flexibility index (Phi) is 5.26. The summed E-state index contributed by atoms with van der Waals surface area (Å²) in [5, 5.41) is 13.4. The maximum absolute atomic E-state index is 12.4. The summed E-state index contributed by atoms with van der Waals surface area (Å²) in [5.74, 6) is 0.549. The van der Waals surface area contributed by atoms with Gasteiger partial charge in [0, 0.05) is 18.1 Å². The molecule has 1 heterocycles. The Morgan fingerprint density at radius 3 is 2.80 bits per heavy atom. The lowest BCUT2D eigenvalue weighted by atomic mass is 9.93. The first-order chi connectivity index (χ1) is 9.61. The van der Waals surface area contributed by atoms with Gasteiger partial charge in [0.05, 0.1) is 5.56 Å². The smallest absolute Gasteiger partial charge is 0.257 e. The molecule has 0 aliphatic carbocycles. The number of aromatic hydroxyl groups is 1. The zero-order valence-corrected chi connectivity index (χ0v) is 12.5. The molecule has 5 heteroatoms. The molecule has 1 aromatic rings. The SMILES string of the molecule is CNCCC1CCN(C(=O)c2cc(Cl)ccc2O)CC1. The number of hydrogen-bond donors (Lipinski definition) is 2. The number of halogens is 1. The van der Waals surface area contributed by atoms with Crippen molar-refractivity contribution in [1.29, 1.82) is 0 Å². The quantitative estimate of drug-likeness (QED) is 0.897. The third kappa shape index (κ3) is 3.64. The fraction of sp³-hybridized carbons (Fsp3) is 0.533. The van der Waals surface area contributed by atoms with Crippen LogP contribution in [0.4, 0.5) is 0 Å². The molecule has 0 atom stereocenters. The Labute approximate surface area is 124 Å². The zero-order chi connectivity index (χ0) is 14.5. The standard InChI is InChI=1S/C15H21ClN2O2/c1-17-7-4-11-5-8-18(9-6-11)15(20)13-10-12(16)2-3-14(13)19/h2-3,10-11,17,19H,4-9H2,1H3. The predicted molar refractivity (Wildman–Crippen MR) is 80.3 cm³/mol. The number of amides is 1. The molecule has 1 fully saturated rings. The van der Waals surface area contributed by atoms with Gasteiger partial charge in [0.2, 0.25) is 0 Å². The van der Waals surface area contributed by atoms with Crippen LogP contribution in [0.25, 0.3) is 0 Å². The maximum atomic E-state index is 12.4. The number of phenols is 1. The van der Waals surface area contributed by atoms with E-state index in [1.54, 1.807) is 11.0 Å². The van der Waals surface area contributed by atoms with Crippen LogP contribution in [0.15, 0.2) is 18.2 Å². The summed E-state index contributed by atoms with van der Waals surface area (Å²) in [5.41, 5.74) is 0.297. The lowest BCUT2D eigenvalue weighted by Crippen LogP contribution is -2.39. The number of hydrogen-bond acceptors (Lipinski definition) is 3. The summed E-state index contributed by atoms with van der Waals surface area (Å²) in [6.07, 6.45) is 3.20. The van der Waals surface area contributed by atoms with E-state index in [2.05, 4.69) is 5.32 Å². The first kappa shape index (κ1) is 15.1. The number of piperidine rings is 1. The van der Waals surface area contributed by atoms with E-state index in [1.165, 1.54) is 12.1 Å². The highest BCUT2D eigenvalue weighted by molar-refractivity contribution is 6.31. The minimum atomic E-state index is -0.128. The van der Waals surface area contributed by atoms with E-state index >= 15 is 0 Å². The molecule has 0 aromatic heterocycles. The van der Waals surface area contributed by atoms with Crippen LogP contribution in [-0.4, -0.2) is 42.6 Å². The molecule has 110 valence electrons. The molecule has 0 spiro atoms. The lowest BCUT2D eigenvalue weighted by Gasteiger charge is -2.32. The van der Waals surface area contributed by atoms with Gasteiger partial charge in [-0.05, 0) is 57.0 Å². The zero-order valence-electron chi connectivity index (χ0n) is 11.7. The Bertz CT molecular complexity index is 471. The molecule has 1 saturated heterocycles. The van der Waals surface area contributed by atoms with E-state index in [4.69, 9.17) is 11.6 Å². The van der Waals surface area contributed by atoms with Crippen LogP contribution in [0.3, 0.4) is 0 Å². The first-order valence-corrected chi connectivity index (χ1v) is 7.42. The van der Waals surface area contributed by atoms with Crippen molar-refractivity contribution in [1.82, 2.24) is 10.2 Å². The molecule has 1 aliphatic rings. The third-order valence-corrected chi connectivity index (χ3v) is 4.13. The number of carbonyl (C=O) groups is 1. The van der Waals surface area contributed by atoms with Crippen LogP contribution in [0.1, 0.15) is 29.6 Å². The number of nitrogens with zero attached hydrogens (tertiary/aromatic N) is 1. The summed E-state index contributed by atoms with van der Waals surface area (Å²) in [6, 6.07) is 4.58. The molecule has 0 radical (unpaired) electrons. The van der Waals surface area contributed by atoms with E-state index in [0.29, 0.717) is 16.5 Å². The number of carbonyl (C=O) groups excluding carboxylic acids is 1. The number of benzene rings is 1. The van der Waals surface area contributed by atoms with Gasteiger partial charge in [0.1, 0.15) is 5.75 Å². The van der Waals surface area contributed by atoms with Crippen LogP contribution in [0.5, 0.6) is 5.75 Å². The van der Waals surface area contributed by atoms with Gasteiger partial charge in [-0.25, -0.2) is 0 Å². The van der Waals surface area contributed by atoms with Crippen LogP contribution in [-0.2, 0) is 0 Å². The van der Waals surface area contributed by atoms with Crippen molar-refractivity contribution >= 4 is 17.5 Å². The number of likely N-dealkylation sites (tertiary alicyclic amines) is 1. The molecule has 0 bridgehead atoms. The van der Waals surface area contributed by atoms with Gasteiger partial charge in [0.15, 0.2) is 0 Å². The molecule has 0 unspecified atom stereocenters. The predicted octanol–water partition coefficient (Wildman–Crippen LogP) is 2.51. The van der Waals surface area contributed by atoms with Gasteiger partial charge in [0.25, 0.3) is 5.91 Å². The second-order valence-corrected chi connectivity index (χ2v) is 5.73. The van der Waals surface area contributed by atoms with E-state index in [9.17, 15) is 9.90 Å². The highest BCUT2D eigenvalue weighted by Crippen LogP contribution is 2.26. The molecule has 1 amide bonds. The third-order valence-electron chi connectivity index (χ3n) is 3.89. The van der Waals surface area contributed by atoms with E-state index in [1.807, 2.05) is 7.05 Å². The molecule has 2 N–H and O–H groups in total. The minimum absolute atomic E-state index is 0.00305. The molecule has 1 aliphatic heterocycles. The highest BCUT2D eigenvalue weighted by atomic mass is 35.5. The second kappa shape index (κ2) is 6.95. The van der Waals surface area contributed by atoms with Crippen LogP contribution >= 0.6 is 11.6 Å². The fourth-order valence-electron chi connectivity index (χ4n) is 2.62. The van der Waals surface area contributed by atoms with E-state index < -0.39 is 0 Å². The van der Waals surface area contributed by atoms with Crippen molar-refractivity contribution < 1.29 is 9.90 Å². The average molecular weight is 297 g/mol. The highest BCUT2D eigenvalue weighted by Gasteiger charge is 2.24. The Morgan fingerprint density at radius 2 is 2.15 bits per heavy atom. The summed E-state index contributed by atoms with van der Waals surface area (Å²) in [4.78, 5) is 14.2. The molecule has 0 saturated carbocycles. The molecule has 1 aromatic carbocycles. The maximum Gasteiger partial charge on any atom is 0.257 e. The van der Waals surface area contributed by atoms with Crippen molar-refractivity contribution in [3.63, 3.8) is 0 Å². The molecule has 4 nitrogen and oxygen atoms in total.